The van der Waals surface area contributed by atoms with Crippen LogP contribution >= 0.6 is 0 Å². The molecule has 2 atom stereocenters. The lowest BCUT2D eigenvalue weighted by Crippen LogP contribution is -2.41. The van der Waals surface area contributed by atoms with Crippen molar-refractivity contribution in [2.24, 2.45) is 0 Å². The van der Waals surface area contributed by atoms with Crippen molar-refractivity contribution in [2.45, 2.75) is 18.6 Å². The Morgan fingerprint density at radius 3 is 2.80 bits per heavy atom. The van der Waals surface area contributed by atoms with Gasteiger partial charge in [0.2, 0.25) is 11.4 Å². The first-order chi connectivity index (χ1) is 4.61. The predicted octanol–water partition coefficient (Wildman–Crippen LogP) is -0.771. The second kappa shape index (κ2) is 2.04. The second-order valence-electron chi connectivity index (χ2n) is 2.25. The minimum atomic E-state index is -1.90. The van der Waals surface area contributed by atoms with Crippen molar-refractivity contribution in [3.05, 3.63) is 0 Å². The molecule has 0 amide bonds. The van der Waals surface area contributed by atoms with Crippen molar-refractivity contribution in [1.29, 1.82) is 5.26 Å². The maximum Gasteiger partial charge on any atom is 0.238 e. The van der Waals surface area contributed by atoms with E-state index >= 15 is 0 Å². The molecule has 1 aliphatic rings. The Labute approximate surface area is 58.0 Å². The van der Waals surface area contributed by atoms with Gasteiger partial charge in [0.1, 0.15) is 18.8 Å². The van der Waals surface area contributed by atoms with Gasteiger partial charge in [-0.1, -0.05) is 0 Å². The molecular formula is C6H7NO3. The average molecular weight is 141 g/mol. The van der Waals surface area contributed by atoms with Gasteiger partial charge in [0.15, 0.2) is 0 Å². The summed E-state index contributed by atoms with van der Waals surface area (Å²) in [5.41, 5.74) is -1.90. The van der Waals surface area contributed by atoms with Crippen molar-refractivity contribution in [1.82, 2.24) is 0 Å². The third-order valence-corrected chi connectivity index (χ3v) is 1.65. The first kappa shape index (κ1) is 7.19. The van der Waals surface area contributed by atoms with Crippen LogP contribution in [0.1, 0.15) is 6.92 Å². The number of nitriles is 1. The highest BCUT2D eigenvalue weighted by atomic mass is 16.5. The van der Waals surface area contributed by atoms with Gasteiger partial charge >= 0.3 is 0 Å². The van der Waals surface area contributed by atoms with Crippen LogP contribution in [0.4, 0.5) is 0 Å². The zero-order valence-corrected chi connectivity index (χ0v) is 5.50. The van der Waals surface area contributed by atoms with Gasteiger partial charge in [-0.2, -0.15) is 5.26 Å². The molecule has 0 radical (unpaired) electrons. The van der Waals surface area contributed by atoms with E-state index in [-0.39, 0.29) is 6.61 Å². The summed E-state index contributed by atoms with van der Waals surface area (Å²) in [4.78, 5) is 10.7. The lowest BCUT2D eigenvalue weighted by atomic mass is 9.98. The molecule has 1 N–H and O–H groups in total. The van der Waals surface area contributed by atoms with E-state index in [9.17, 15) is 9.90 Å². The highest BCUT2D eigenvalue weighted by Gasteiger charge is 2.48. The summed E-state index contributed by atoms with van der Waals surface area (Å²) in [5.74, 6) is -0.553. The molecule has 1 rings (SSSR count). The molecular weight excluding hydrogens is 134 g/mol. The third-order valence-electron chi connectivity index (χ3n) is 1.65. The summed E-state index contributed by atoms with van der Waals surface area (Å²) in [6, 6.07) is 1.52. The summed E-state index contributed by atoms with van der Waals surface area (Å²) in [6.45, 7) is 1.33. The predicted molar refractivity (Wildman–Crippen MR) is 31.0 cm³/mol. The molecule has 0 spiro atoms. The van der Waals surface area contributed by atoms with Crippen LogP contribution in [0.25, 0.3) is 0 Å². The lowest BCUT2D eigenvalue weighted by molar-refractivity contribution is -0.128. The van der Waals surface area contributed by atoms with Crippen molar-refractivity contribution in [3.8, 4) is 6.07 Å². The number of Topliss-reactive ketones (excluding diaryl/α,β-unsaturated/α-hetero) is 1. The maximum absolute atomic E-state index is 10.7. The number of ketones is 1. The topological polar surface area (TPSA) is 70.3 Å². The summed E-state index contributed by atoms with van der Waals surface area (Å²) in [5, 5.41) is 17.6. The van der Waals surface area contributed by atoms with Gasteiger partial charge in [0.25, 0.3) is 0 Å². The van der Waals surface area contributed by atoms with Crippen LogP contribution in [0.15, 0.2) is 0 Å². The Kier molecular flexibility index (Phi) is 1.47. The zero-order valence-electron chi connectivity index (χ0n) is 5.50. The number of carbonyl (C=O) groups excluding carboxylic acids is 1. The van der Waals surface area contributed by atoms with Gasteiger partial charge in [0.05, 0.1) is 0 Å². The highest BCUT2D eigenvalue weighted by molar-refractivity contribution is 5.93. The second-order valence-corrected chi connectivity index (χ2v) is 2.25. The van der Waals surface area contributed by atoms with Gasteiger partial charge in [0, 0.05) is 0 Å². The largest absolute Gasteiger partial charge is 0.367 e. The van der Waals surface area contributed by atoms with Crippen LogP contribution in [0.3, 0.4) is 0 Å². The van der Waals surface area contributed by atoms with Crippen molar-refractivity contribution in [3.63, 3.8) is 0 Å². The first-order valence-electron chi connectivity index (χ1n) is 2.90. The molecule has 1 aliphatic heterocycles. The number of carbonyl (C=O) groups is 1. The number of rotatable bonds is 0. The normalized spacial score (nSPS) is 39.7. The van der Waals surface area contributed by atoms with Crippen molar-refractivity contribution in [2.75, 3.05) is 6.61 Å². The van der Waals surface area contributed by atoms with Crippen LogP contribution in [0, 0.1) is 11.3 Å². The molecule has 2 unspecified atom stereocenters. The molecule has 1 fully saturated rings. The molecule has 0 aliphatic carbocycles. The van der Waals surface area contributed by atoms with E-state index in [0.29, 0.717) is 0 Å². The third kappa shape index (κ3) is 0.719. The fraction of sp³-hybridized carbons (Fsp3) is 0.667. The van der Waals surface area contributed by atoms with E-state index in [1.807, 2.05) is 0 Å². The zero-order chi connectivity index (χ0) is 7.78. The Morgan fingerprint density at radius 1 is 2.00 bits per heavy atom. The fourth-order valence-electron chi connectivity index (χ4n) is 0.811. The van der Waals surface area contributed by atoms with E-state index in [4.69, 9.17) is 10.00 Å². The maximum atomic E-state index is 10.7. The van der Waals surface area contributed by atoms with Crippen LogP contribution in [0.2, 0.25) is 0 Å². The van der Waals surface area contributed by atoms with Gasteiger partial charge in [-0.3, -0.25) is 4.79 Å². The Morgan fingerprint density at radius 2 is 2.60 bits per heavy atom. The fourth-order valence-corrected chi connectivity index (χ4v) is 0.811. The molecule has 0 saturated carbocycles. The molecule has 4 nitrogen and oxygen atoms in total. The van der Waals surface area contributed by atoms with Gasteiger partial charge < -0.3 is 9.84 Å². The van der Waals surface area contributed by atoms with Crippen molar-refractivity contribution < 1.29 is 14.6 Å². The van der Waals surface area contributed by atoms with Gasteiger partial charge in [-0.15, -0.1) is 0 Å². The Balaban J connectivity index is 2.93. The molecule has 1 heterocycles. The molecule has 1 saturated heterocycles. The summed E-state index contributed by atoms with van der Waals surface area (Å²) in [7, 11) is 0. The van der Waals surface area contributed by atoms with E-state index < -0.39 is 17.5 Å². The van der Waals surface area contributed by atoms with E-state index in [2.05, 4.69) is 0 Å². The van der Waals surface area contributed by atoms with Crippen LogP contribution < -0.4 is 0 Å². The smallest absolute Gasteiger partial charge is 0.238 e. The minimum absolute atomic E-state index is 0.161. The van der Waals surface area contributed by atoms with Crippen LogP contribution in [-0.4, -0.2) is 29.2 Å². The summed E-state index contributed by atoms with van der Waals surface area (Å²) < 4.78 is 4.75. The van der Waals surface area contributed by atoms with Gasteiger partial charge in [-0.25, -0.2) is 0 Å². The molecule has 0 aromatic heterocycles. The quantitative estimate of drug-likeness (QED) is 0.449. The van der Waals surface area contributed by atoms with Crippen LogP contribution in [0.5, 0.6) is 0 Å². The minimum Gasteiger partial charge on any atom is -0.367 e. The van der Waals surface area contributed by atoms with E-state index in [1.165, 1.54) is 13.0 Å². The number of aliphatic hydroxyl groups is 1. The number of hydrogen-bond acceptors (Lipinski definition) is 4. The standard InChI is InChI=1S/C6H7NO3/c1-4-6(9,3-7)5(8)2-10-4/h4,9H,2H2,1H3. The Bertz CT molecular complexity index is 208. The van der Waals surface area contributed by atoms with Gasteiger partial charge in [-0.05, 0) is 6.92 Å². The number of ether oxygens (including phenoxy) is 1. The molecule has 54 valence electrons. The molecule has 0 bridgehead atoms. The Hall–Kier alpha value is -0.920. The van der Waals surface area contributed by atoms with Crippen molar-refractivity contribution >= 4 is 5.78 Å². The van der Waals surface area contributed by atoms with E-state index in [0.717, 1.165) is 0 Å². The molecule has 0 aromatic rings. The average Bonchev–Trinajstić information content (AvgIpc) is 2.18. The van der Waals surface area contributed by atoms with Crippen LogP contribution in [-0.2, 0) is 9.53 Å². The van der Waals surface area contributed by atoms with E-state index in [1.54, 1.807) is 0 Å². The lowest BCUT2D eigenvalue weighted by Gasteiger charge is -2.13. The first-order valence-corrected chi connectivity index (χ1v) is 2.90. The molecule has 0 aromatic carbocycles. The SMILES string of the molecule is CC1OCC(=O)C1(O)C#N. The number of hydrogen-bond donors (Lipinski definition) is 1. The number of nitrogens with zero attached hydrogens (tertiary/aromatic N) is 1. The highest BCUT2D eigenvalue weighted by Crippen LogP contribution is 2.20. The monoisotopic (exact) mass is 141 g/mol. The molecule has 10 heavy (non-hydrogen) atoms. The summed E-state index contributed by atoms with van der Waals surface area (Å²) in [6.07, 6.45) is -0.704. The summed E-state index contributed by atoms with van der Waals surface area (Å²) >= 11 is 0. The molecule has 4 heteroatoms.